The van der Waals surface area contributed by atoms with Crippen LogP contribution < -0.4 is 10.6 Å². The molecule has 104 valence electrons. The fourth-order valence-corrected chi connectivity index (χ4v) is 2.13. The van der Waals surface area contributed by atoms with Crippen molar-refractivity contribution in [1.29, 1.82) is 0 Å². The lowest BCUT2D eigenvalue weighted by molar-refractivity contribution is 0.0949. The van der Waals surface area contributed by atoms with Crippen LogP contribution in [0.3, 0.4) is 0 Å². The molecule has 0 saturated carbocycles. The van der Waals surface area contributed by atoms with Crippen molar-refractivity contribution in [3.63, 3.8) is 0 Å². The predicted octanol–water partition coefficient (Wildman–Crippen LogP) is 0.759. The number of carbonyl (C=O) groups excluding carboxylic acids is 1. The number of likely N-dealkylation sites (N-methyl/N-ethyl adjacent to an activating group) is 1. The van der Waals surface area contributed by atoms with Crippen LogP contribution in [-0.4, -0.2) is 41.0 Å². The van der Waals surface area contributed by atoms with E-state index in [0.717, 1.165) is 6.54 Å². The minimum Gasteiger partial charge on any atom is -0.349 e. The second-order valence-corrected chi connectivity index (χ2v) is 4.77. The largest absolute Gasteiger partial charge is 0.349 e. The first-order valence-corrected chi connectivity index (χ1v) is 6.53. The van der Waals surface area contributed by atoms with Crippen LogP contribution in [0.25, 0.3) is 0 Å². The molecule has 8 heteroatoms. The zero-order valence-corrected chi connectivity index (χ0v) is 12.1. The van der Waals surface area contributed by atoms with Crippen molar-refractivity contribution in [3.8, 4) is 0 Å². The fourth-order valence-electron chi connectivity index (χ4n) is 1.43. The summed E-state index contributed by atoms with van der Waals surface area (Å²) in [5.74, 6) is -0.192. The lowest BCUT2D eigenvalue weighted by Crippen LogP contribution is -2.30. The first-order valence-electron chi connectivity index (χ1n) is 5.65. The fraction of sp³-hybridized carbons (Fsp3) is 0.364. The SMILES string of the molecule is CNCCNC(=O)c1cn(Cc2cccs2)nn1.Cl. The Morgan fingerprint density at radius 2 is 2.32 bits per heavy atom. The molecular weight excluding hydrogens is 286 g/mol. The molecule has 2 heterocycles. The van der Waals surface area contributed by atoms with Crippen molar-refractivity contribution in [2.24, 2.45) is 0 Å². The van der Waals surface area contributed by atoms with Gasteiger partial charge in [0.25, 0.3) is 5.91 Å². The number of nitrogens with zero attached hydrogens (tertiary/aromatic N) is 3. The highest BCUT2D eigenvalue weighted by molar-refractivity contribution is 7.09. The Kier molecular flexibility index (Phi) is 6.48. The predicted molar refractivity (Wildman–Crippen MR) is 77.0 cm³/mol. The van der Waals surface area contributed by atoms with Crippen LogP contribution in [0.2, 0.25) is 0 Å². The molecule has 0 aliphatic rings. The van der Waals surface area contributed by atoms with Crippen molar-refractivity contribution in [2.75, 3.05) is 20.1 Å². The average molecular weight is 302 g/mol. The highest BCUT2D eigenvalue weighted by Crippen LogP contribution is 2.09. The van der Waals surface area contributed by atoms with Crippen molar-refractivity contribution in [3.05, 3.63) is 34.3 Å². The first kappa shape index (κ1) is 15.6. The average Bonchev–Trinajstić information content (AvgIpc) is 3.01. The molecule has 0 spiro atoms. The first-order chi connectivity index (χ1) is 8.79. The van der Waals surface area contributed by atoms with Gasteiger partial charge >= 0.3 is 0 Å². The van der Waals surface area contributed by atoms with E-state index in [-0.39, 0.29) is 18.3 Å². The lowest BCUT2D eigenvalue weighted by Gasteiger charge is -2.00. The second kappa shape index (κ2) is 7.88. The molecule has 0 atom stereocenters. The number of aromatic nitrogens is 3. The van der Waals surface area contributed by atoms with Crippen molar-refractivity contribution in [1.82, 2.24) is 25.6 Å². The Hall–Kier alpha value is -1.44. The number of amides is 1. The summed E-state index contributed by atoms with van der Waals surface area (Å²) >= 11 is 1.65. The quantitative estimate of drug-likeness (QED) is 0.773. The standard InChI is InChI=1S/C11H15N5OS.ClH/c1-12-4-5-13-11(17)10-8-16(15-14-10)7-9-3-2-6-18-9;/h2-3,6,8,12H,4-5,7H2,1H3,(H,13,17);1H. The van der Waals surface area contributed by atoms with Crippen molar-refractivity contribution < 1.29 is 4.79 Å². The molecule has 0 fully saturated rings. The third-order valence-electron chi connectivity index (χ3n) is 2.33. The summed E-state index contributed by atoms with van der Waals surface area (Å²) in [6.45, 7) is 1.96. The van der Waals surface area contributed by atoms with E-state index in [2.05, 4.69) is 20.9 Å². The van der Waals surface area contributed by atoms with Gasteiger partial charge in [0.2, 0.25) is 0 Å². The summed E-state index contributed by atoms with van der Waals surface area (Å²) in [6.07, 6.45) is 1.66. The van der Waals surface area contributed by atoms with E-state index in [1.165, 1.54) is 4.88 Å². The number of halogens is 1. The summed E-state index contributed by atoms with van der Waals surface area (Å²) in [7, 11) is 1.84. The Morgan fingerprint density at radius 3 is 3.00 bits per heavy atom. The summed E-state index contributed by atoms with van der Waals surface area (Å²) in [5, 5.41) is 15.5. The van der Waals surface area contributed by atoms with Crippen LogP contribution in [0.4, 0.5) is 0 Å². The van der Waals surface area contributed by atoms with Gasteiger partial charge in [0.05, 0.1) is 12.7 Å². The molecule has 2 aromatic rings. The van der Waals surface area contributed by atoms with E-state index >= 15 is 0 Å². The third kappa shape index (κ3) is 4.62. The molecule has 0 aromatic carbocycles. The molecule has 0 saturated heterocycles. The molecule has 0 radical (unpaired) electrons. The van der Waals surface area contributed by atoms with Crippen molar-refractivity contribution in [2.45, 2.75) is 6.54 Å². The zero-order valence-electron chi connectivity index (χ0n) is 10.5. The van der Waals surface area contributed by atoms with E-state index in [1.54, 1.807) is 22.2 Å². The molecule has 6 nitrogen and oxygen atoms in total. The molecular formula is C11H16ClN5OS. The maximum Gasteiger partial charge on any atom is 0.273 e. The number of hydrogen-bond acceptors (Lipinski definition) is 5. The minimum atomic E-state index is -0.192. The monoisotopic (exact) mass is 301 g/mol. The van der Waals surface area contributed by atoms with E-state index in [1.807, 2.05) is 24.6 Å². The van der Waals surface area contributed by atoms with Gasteiger partial charge in [0, 0.05) is 18.0 Å². The summed E-state index contributed by atoms with van der Waals surface area (Å²) in [5.41, 5.74) is 0.350. The number of rotatable bonds is 6. The summed E-state index contributed by atoms with van der Waals surface area (Å²) in [6, 6.07) is 4.02. The van der Waals surface area contributed by atoms with E-state index < -0.39 is 0 Å². The maximum atomic E-state index is 11.7. The van der Waals surface area contributed by atoms with Crippen LogP contribution in [-0.2, 0) is 6.54 Å². The number of thiophene rings is 1. The van der Waals surface area contributed by atoms with Gasteiger partial charge in [0.1, 0.15) is 0 Å². The Morgan fingerprint density at radius 1 is 1.47 bits per heavy atom. The van der Waals surface area contributed by atoms with Gasteiger partial charge in [-0.3, -0.25) is 4.79 Å². The highest BCUT2D eigenvalue weighted by Gasteiger charge is 2.10. The van der Waals surface area contributed by atoms with Gasteiger partial charge in [-0.2, -0.15) is 0 Å². The van der Waals surface area contributed by atoms with Gasteiger partial charge < -0.3 is 10.6 Å². The van der Waals surface area contributed by atoms with Crippen LogP contribution in [0.15, 0.2) is 23.7 Å². The van der Waals surface area contributed by atoms with Gasteiger partial charge in [-0.05, 0) is 18.5 Å². The van der Waals surface area contributed by atoms with Gasteiger partial charge in [-0.25, -0.2) is 4.68 Å². The number of carbonyl (C=O) groups is 1. The molecule has 2 rings (SSSR count). The number of hydrogen-bond donors (Lipinski definition) is 2. The van der Waals surface area contributed by atoms with E-state index in [9.17, 15) is 4.79 Å². The molecule has 0 aliphatic carbocycles. The molecule has 2 aromatic heterocycles. The lowest BCUT2D eigenvalue weighted by atomic mass is 10.4. The summed E-state index contributed by atoms with van der Waals surface area (Å²) < 4.78 is 1.67. The van der Waals surface area contributed by atoms with Crippen LogP contribution in [0.1, 0.15) is 15.4 Å². The molecule has 0 unspecified atom stereocenters. The van der Waals surface area contributed by atoms with Crippen LogP contribution in [0.5, 0.6) is 0 Å². The topological polar surface area (TPSA) is 71.8 Å². The maximum absolute atomic E-state index is 11.7. The minimum absolute atomic E-state index is 0. The second-order valence-electron chi connectivity index (χ2n) is 3.74. The van der Waals surface area contributed by atoms with Gasteiger partial charge in [-0.15, -0.1) is 28.8 Å². The van der Waals surface area contributed by atoms with Crippen LogP contribution >= 0.6 is 23.7 Å². The molecule has 19 heavy (non-hydrogen) atoms. The van der Waals surface area contributed by atoms with E-state index in [4.69, 9.17) is 0 Å². The highest BCUT2D eigenvalue weighted by atomic mass is 35.5. The van der Waals surface area contributed by atoms with Crippen LogP contribution in [0, 0.1) is 0 Å². The van der Waals surface area contributed by atoms with Gasteiger partial charge in [-0.1, -0.05) is 11.3 Å². The third-order valence-corrected chi connectivity index (χ3v) is 3.19. The molecule has 2 N–H and O–H groups in total. The summed E-state index contributed by atoms with van der Waals surface area (Å²) in [4.78, 5) is 12.9. The zero-order chi connectivity index (χ0) is 12.8. The normalized spacial score (nSPS) is 9.95. The Balaban J connectivity index is 0.00000180. The molecule has 1 amide bonds. The van der Waals surface area contributed by atoms with Crippen molar-refractivity contribution >= 4 is 29.7 Å². The smallest absolute Gasteiger partial charge is 0.273 e. The molecule has 0 aliphatic heterocycles. The number of nitrogens with one attached hydrogen (secondary N) is 2. The van der Waals surface area contributed by atoms with E-state index in [0.29, 0.717) is 18.8 Å². The Labute approximate surface area is 121 Å². The van der Waals surface area contributed by atoms with Gasteiger partial charge in [0.15, 0.2) is 5.69 Å². The molecule has 0 bridgehead atoms. The Bertz CT molecular complexity index is 499.